The van der Waals surface area contributed by atoms with Gasteiger partial charge < -0.3 is 30.6 Å². The van der Waals surface area contributed by atoms with Crippen LogP contribution in [0.1, 0.15) is 0 Å². The van der Waals surface area contributed by atoms with Gasteiger partial charge in [-0.1, -0.05) is 0 Å². The summed E-state index contributed by atoms with van der Waals surface area (Å²) < 4.78 is 0. The second-order valence-corrected chi connectivity index (χ2v) is 0.447. The zero-order valence-electron chi connectivity index (χ0n) is 4.01. The van der Waals surface area contributed by atoms with Gasteiger partial charge >= 0.3 is 33.6 Å². The van der Waals surface area contributed by atoms with Gasteiger partial charge in [-0.15, -0.1) is 0 Å². The summed E-state index contributed by atoms with van der Waals surface area (Å²) in [5.41, 5.74) is 0. The summed E-state index contributed by atoms with van der Waals surface area (Å²) in [6.07, 6.45) is 0. The van der Waals surface area contributed by atoms with Crippen LogP contribution in [0.5, 0.6) is 0 Å². The van der Waals surface area contributed by atoms with Crippen LogP contribution in [0.25, 0.3) is 0 Å². The fourth-order valence-corrected chi connectivity index (χ4v) is 0. The monoisotopic (exact) mass is 242 g/mol. The summed E-state index contributed by atoms with van der Waals surface area (Å²) in [4.78, 5) is 16.5. The van der Waals surface area contributed by atoms with Crippen LogP contribution in [0.2, 0.25) is 0 Å². The van der Waals surface area contributed by atoms with Gasteiger partial charge in [0.05, 0.1) is 10.2 Å². The van der Waals surface area contributed by atoms with E-state index in [4.69, 9.17) is 30.6 Å². The molecule has 0 aromatic rings. The maximum absolute atomic E-state index is 8.25. The minimum atomic E-state index is -1.75. The molecule has 62 valence electrons. The quantitative estimate of drug-likeness (QED) is 0.415. The molecule has 0 aromatic heterocycles. The molecule has 0 aliphatic heterocycles. The van der Waals surface area contributed by atoms with Crippen LogP contribution in [0.3, 0.4) is 0 Å². The third-order valence-corrected chi connectivity index (χ3v) is 0. The fraction of sp³-hybridized carbons (Fsp3) is 0. The van der Waals surface area contributed by atoms with Gasteiger partial charge in [0.15, 0.2) is 0 Å². The topological polar surface area (TPSA) is 132 Å². The Morgan fingerprint density at radius 2 is 0.700 bits per heavy atom. The van der Waals surface area contributed by atoms with Crippen molar-refractivity contribution in [3.05, 3.63) is 30.6 Å². The molecule has 2 radical (unpaired) electrons. The molecule has 0 heterocycles. The van der Waals surface area contributed by atoms with Gasteiger partial charge in [0.25, 0.3) is 0 Å². The van der Waals surface area contributed by atoms with E-state index in [0.717, 1.165) is 0 Å². The van der Waals surface area contributed by atoms with Gasteiger partial charge in [-0.2, -0.15) is 0 Å². The Hall–Kier alpha value is -0.587. The van der Waals surface area contributed by atoms with Crippen LogP contribution in [-0.2, 0) is 33.6 Å². The van der Waals surface area contributed by atoms with Gasteiger partial charge in [-0.05, 0) is 0 Å². The van der Waals surface area contributed by atoms with Crippen molar-refractivity contribution >= 4 is 0 Å². The first-order valence-corrected chi connectivity index (χ1v) is 1.10. The van der Waals surface area contributed by atoms with Crippen molar-refractivity contribution in [2.24, 2.45) is 0 Å². The summed E-state index contributed by atoms with van der Waals surface area (Å²) >= 11 is 0. The van der Waals surface area contributed by atoms with E-state index in [1.54, 1.807) is 0 Å². The minimum Gasteiger partial charge on any atom is -0.356 e. The van der Waals surface area contributed by atoms with Crippen LogP contribution < -0.4 is 0 Å². The molecule has 0 saturated heterocycles. The van der Waals surface area contributed by atoms with Crippen LogP contribution in [-0.4, -0.2) is 10.2 Å². The molecule has 0 aliphatic carbocycles. The second-order valence-electron chi connectivity index (χ2n) is 0.447. The van der Waals surface area contributed by atoms with Crippen LogP contribution in [0.15, 0.2) is 0 Å². The Balaban J connectivity index is -0.0000000300. The molecule has 0 aromatic carbocycles. The van der Waals surface area contributed by atoms with Gasteiger partial charge in [0.2, 0.25) is 0 Å². The number of hydrogen-bond donors (Lipinski definition) is 0. The van der Waals surface area contributed by atoms with Crippen LogP contribution in [0.4, 0.5) is 0 Å². The largest absolute Gasteiger partial charge is 2.00 e. The van der Waals surface area contributed by atoms with Crippen molar-refractivity contribution in [2.75, 3.05) is 0 Å². The summed E-state index contributed by atoms with van der Waals surface area (Å²) in [6, 6.07) is 0. The van der Waals surface area contributed by atoms with E-state index in [1.807, 2.05) is 0 Å². The summed E-state index contributed by atoms with van der Waals surface area (Å²) in [5.74, 6) is 0. The molecule has 0 amide bonds. The van der Waals surface area contributed by atoms with E-state index in [2.05, 4.69) is 0 Å². The average Bonchev–Trinajstić information content (AvgIpc) is 1.25. The molecule has 0 rings (SSSR count). The number of rotatable bonds is 0. The van der Waals surface area contributed by atoms with E-state index in [-0.39, 0.29) is 33.6 Å². The zero-order chi connectivity index (χ0) is 7.15. The van der Waals surface area contributed by atoms with Crippen LogP contribution >= 0.6 is 0 Å². The predicted molar refractivity (Wildman–Crippen MR) is 20.7 cm³/mol. The third-order valence-electron chi connectivity index (χ3n) is 0. The molecule has 0 bridgehead atoms. The number of hydrogen-bond acceptors (Lipinski definition) is 6. The molecule has 0 unspecified atom stereocenters. The predicted octanol–water partition coefficient (Wildman–Crippen LogP) is -0.483. The molecule has 0 N–H and O–H groups in total. The van der Waals surface area contributed by atoms with Crippen LogP contribution in [0, 0.1) is 30.6 Å². The first-order valence-electron chi connectivity index (χ1n) is 1.10. The molecular weight excluding hydrogens is 242 g/mol. The molecule has 0 aliphatic rings. The van der Waals surface area contributed by atoms with Crippen molar-refractivity contribution in [2.45, 2.75) is 0 Å². The van der Waals surface area contributed by atoms with Gasteiger partial charge in [0, 0.05) is 0 Å². The van der Waals surface area contributed by atoms with Gasteiger partial charge in [0.1, 0.15) is 0 Å². The summed E-state index contributed by atoms with van der Waals surface area (Å²) in [7, 11) is 0. The third kappa shape index (κ3) is 885. The van der Waals surface area contributed by atoms with Gasteiger partial charge in [-0.3, -0.25) is 0 Å². The fourth-order valence-electron chi connectivity index (χ4n) is 0. The van der Waals surface area contributed by atoms with E-state index in [9.17, 15) is 0 Å². The zero-order valence-corrected chi connectivity index (χ0v) is 6.09. The van der Waals surface area contributed by atoms with Crippen molar-refractivity contribution in [3.8, 4) is 0 Å². The Labute approximate surface area is 74.8 Å². The van der Waals surface area contributed by atoms with E-state index in [0.29, 0.717) is 0 Å². The van der Waals surface area contributed by atoms with Gasteiger partial charge in [-0.25, -0.2) is 0 Å². The molecule has 0 fully saturated rings. The molecule has 0 saturated carbocycles. The molecule has 8 nitrogen and oxygen atoms in total. The molecule has 0 spiro atoms. The minimum absolute atomic E-state index is 0. The average molecular weight is 242 g/mol. The Kier molecular flexibility index (Phi) is 35.9. The normalized spacial score (nSPS) is 4.80. The van der Waals surface area contributed by atoms with Crippen molar-refractivity contribution < 1.29 is 43.7 Å². The molecule has 10 heavy (non-hydrogen) atoms. The molecule has 0 atom stereocenters. The molecular formula is Co2N2O6+2. The first kappa shape index (κ1) is 22.7. The first-order chi connectivity index (χ1) is 3.46. The molecule has 10 heteroatoms. The maximum atomic E-state index is 8.25. The standard InChI is InChI=1S/2Co.2NO3/c;;2*2-1(3)4/q2*+2;2*-1. The summed E-state index contributed by atoms with van der Waals surface area (Å²) in [6.45, 7) is 0. The number of nitrogens with zero attached hydrogens (tertiary/aromatic N) is 2. The second kappa shape index (κ2) is 15.8. The Morgan fingerprint density at radius 3 is 0.700 bits per heavy atom. The Bertz CT molecular complexity index is 71.7. The Morgan fingerprint density at radius 1 is 0.700 bits per heavy atom. The smallest absolute Gasteiger partial charge is 0.356 e. The van der Waals surface area contributed by atoms with Crippen molar-refractivity contribution in [1.82, 2.24) is 0 Å². The van der Waals surface area contributed by atoms with E-state index >= 15 is 0 Å². The van der Waals surface area contributed by atoms with Crippen molar-refractivity contribution in [1.29, 1.82) is 0 Å². The van der Waals surface area contributed by atoms with Crippen molar-refractivity contribution in [3.63, 3.8) is 0 Å². The van der Waals surface area contributed by atoms with E-state index < -0.39 is 10.2 Å². The summed E-state index contributed by atoms with van der Waals surface area (Å²) in [5, 5.41) is 29.5. The van der Waals surface area contributed by atoms with E-state index in [1.165, 1.54) is 0 Å². The SMILES string of the molecule is O=[N+]([O-])[O-].O=[N+]([O-])[O-].[Co+2].[Co+2]. The maximum Gasteiger partial charge on any atom is 2.00 e.